The maximum atomic E-state index is 12.8. The topological polar surface area (TPSA) is 81.5 Å². The van der Waals surface area contributed by atoms with Gasteiger partial charge >= 0.3 is 0 Å². The summed E-state index contributed by atoms with van der Waals surface area (Å²) in [7, 11) is 0. The highest BCUT2D eigenvalue weighted by Crippen LogP contribution is 2.29. The van der Waals surface area contributed by atoms with Crippen molar-refractivity contribution in [1.82, 2.24) is 0 Å². The minimum Gasteiger partial charge on any atom is -0.494 e. The summed E-state index contributed by atoms with van der Waals surface area (Å²) in [6, 6.07) is 9.77. The zero-order valence-corrected chi connectivity index (χ0v) is 12.9. The third-order valence-corrected chi connectivity index (χ3v) is 3.03. The van der Waals surface area contributed by atoms with Crippen LogP contribution in [-0.4, -0.2) is 17.4 Å². The Hall–Kier alpha value is -3.22. The third kappa shape index (κ3) is 4.64. The van der Waals surface area contributed by atoms with Crippen LogP contribution in [0.5, 0.6) is 5.75 Å². The minimum absolute atomic E-state index is 0.0669. The zero-order chi connectivity index (χ0) is 17.5. The Bertz CT molecular complexity index is 773. The van der Waals surface area contributed by atoms with E-state index in [4.69, 9.17) is 4.74 Å². The molecule has 0 aliphatic rings. The fraction of sp³-hybridized carbons (Fsp3) is 0.118. The van der Waals surface area contributed by atoms with Crippen molar-refractivity contribution >= 4 is 23.4 Å². The van der Waals surface area contributed by atoms with E-state index in [9.17, 15) is 19.3 Å². The normalized spacial score (nSPS) is 10.6. The van der Waals surface area contributed by atoms with Crippen molar-refractivity contribution in [3.05, 3.63) is 70.0 Å². The monoisotopic (exact) mass is 330 g/mol. The van der Waals surface area contributed by atoms with Crippen LogP contribution in [0.15, 0.2) is 48.5 Å². The van der Waals surface area contributed by atoms with Gasteiger partial charge < -0.3 is 10.1 Å². The maximum Gasteiger partial charge on any atom is 0.296 e. The first kappa shape index (κ1) is 17.1. The molecule has 0 fully saturated rings. The lowest BCUT2D eigenvalue weighted by atomic mass is 10.2. The van der Waals surface area contributed by atoms with E-state index in [1.54, 1.807) is 6.92 Å². The van der Waals surface area contributed by atoms with Crippen LogP contribution in [0.1, 0.15) is 12.5 Å². The van der Waals surface area contributed by atoms with Gasteiger partial charge in [-0.2, -0.15) is 0 Å². The number of carbonyl (C=O) groups is 1. The lowest BCUT2D eigenvalue weighted by Gasteiger charge is -2.07. The van der Waals surface area contributed by atoms with E-state index in [0.717, 1.165) is 0 Å². The van der Waals surface area contributed by atoms with Crippen molar-refractivity contribution in [1.29, 1.82) is 0 Å². The van der Waals surface area contributed by atoms with E-state index in [1.165, 1.54) is 54.6 Å². The number of nitro benzene ring substituents is 1. The second-order valence-electron chi connectivity index (χ2n) is 4.74. The Kier molecular flexibility index (Phi) is 5.62. The van der Waals surface area contributed by atoms with Gasteiger partial charge in [0.05, 0.1) is 17.6 Å². The summed E-state index contributed by atoms with van der Waals surface area (Å²) < 4.78 is 18.0. The molecule has 1 N–H and O–H groups in total. The summed E-state index contributed by atoms with van der Waals surface area (Å²) in [6.45, 7) is 2.14. The highest BCUT2D eigenvalue weighted by atomic mass is 19.1. The molecule has 0 bridgehead atoms. The van der Waals surface area contributed by atoms with E-state index in [2.05, 4.69) is 5.32 Å². The van der Waals surface area contributed by atoms with Crippen molar-refractivity contribution in [2.75, 3.05) is 11.9 Å². The second-order valence-corrected chi connectivity index (χ2v) is 4.74. The van der Waals surface area contributed by atoms with Crippen LogP contribution in [0.4, 0.5) is 15.8 Å². The van der Waals surface area contributed by atoms with Gasteiger partial charge in [0.2, 0.25) is 5.91 Å². The summed E-state index contributed by atoms with van der Waals surface area (Å²) >= 11 is 0. The van der Waals surface area contributed by atoms with Crippen LogP contribution in [0.25, 0.3) is 6.08 Å². The molecule has 0 aliphatic heterocycles. The van der Waals surface area contributed by atoms with E-state index >= 15 is 0 Å². The summed E-state index contributed by atoms with van der Waals surface area (Å²) in [5.74, 6) is -0.558. The predicted octanol–water partition coefficient (Wildman–Crippen LogP) is 3.78. The van der Waals surface area contributed by atoms with Crippen molar-refractivity contribution < 1.29 is 18.8 Å². The number of ether oxygens (including phenoxy) is 1. The quantitative estimate of drug-likeness (QED) is 0.496. The van der Waals surface area contributed by atoms with E-state index in [0.29, 0.717) is 17.9 Å². The van der Waals surface area contributed by atoms with Crippen molar-refractivity contribution in [3.8, 4) is 5.75 Å². The van der Waals surface area contributed by atoms with Crippen LogP contribution >= 0.6 is 0 Å². The molecule has 0 radical (unpaired) electrons. The van der Waals surface area contributed by atoms with Gasteiger partial charge in [0.25, 0.3) is 5.69 Å². The molecule has 7 heteroatoms. The summed E-state index contributed by atoms with van der Waals surface area (Å²) in [5, 5.41) is 13.6. The number of nitrogens with one attached hydrogen (secondary N) is 1. The molecule has 0 heterocycles. The van der Waals surface area contributed by atoms with Crippen molar-refractivity contribution in [2.24, 2.45) is 0 Å². The number of carbonyl (C=O) groups excluding carboxylic acids is 1. The molecule has 2 aromatic rings. The lowest BCUT2D eigenvalue weighted by molar-refractivity contribution is -0.384. The number of hydrogen-bond donors (Lipinski definition) is 1. The predicted molar refractivity (Wildman–Crippen MR) is 88.3 cm³/mol. The highest BCUT2D eigenvalue weighted by molar-refractivity contribution is 6.03. The number of nitrogens with zero attached hydrogens (tertiary/aromatic N) is 1. The number of hydrogen-bond acceptors (Lipinski definition) is 4. The summed E-state index contributed by atoms with van der Waals surface area (Å²) in [4.78, 5) is 22.4. The molecule has 124 valence electrons. The van der Waals surface area contributed by atoms with Gasteiger partial charge in [-0.1, -0.05) is 12.1 Å². The van der Waals surface area contributed by atoms with Gasteiger partial charge in [-0.3, -0.25) is 14.9 Å². The Morgan fingerprint density at radius 2 is 2.00 bits per heavy atom. The highest BCUT2D eigenvalue weighted by Gasteiger charge is 2.16. The Morgan fingerprint density at radius 1 is 1.29 bits per heavy atom. The molecular formula is C17H15FN2O4. The summed E-state index contributed by atoms with van der Waals surface area (Å²) in [5.41, 5.74) is 0.439. The Balaban J connectivity index is 2.13. The molecule has 0 aliphatic carbocycles. The molecule has 0 spiro atoms. The first-order valence-electron chi connectivity index (χ1n) is 7.15. The molecule has 0 aromatic heterocycles. The van der Waals surface area contributed by atoms with Gasteiger partial charge in [0, 0.05) is 6.08 Å². The summed E-state index contributed by atoms with van der Waals surface area (Å²) in [6.07, 6.45) is 2.70. The van der Waals surface area contributed by atoms with Gasteiger partial charge in [0.1, 0.15) is 17.3 Å². The average molecular weight is 330 g/mol. The van der Waals surface area contributed by atoms with Gasteiger partial charge in [-0.25, -0.2) is 4.39 Å². The molecule has 0 saturated carbocycles. The molecular weight excluding hydrogens is 315 g/mol. The Morgan fingerprint density at radius 3 is 2.62 bits per heavy atom. The molecule has 6 nitrogen and oxygen atoms in total. The molecule has 24 heavy (non-hydrogen) atoms. The first-order valence-corrected chi connectivity index (χ1v) is 7.15. The first-order chi connectivity index (χ1) is 11.5. The van der Waals surface area contributed by atoms with Crippen LogP contribution < -0.4 is 10.1 Å². The SMILES string of the molecule is CCOc1ccc(NC(=O)/C=C\c2ccc(F)cc2)c([N+](=O)[O-])c1. The zero-order valence-electron chi connectivity index (χ0n) is 12.9. The molecule has 2 rings (SSSR count). The number of amides is 1. The molecule has 1 amide bonds. The lowest BCUT2D eigenvalue weighted by Crippen LogP contribution is -2.09. The van der Waals surface area contributed by atoms with Crippen LogP contribution in [0.3, 0.4) is 0 Å². The second kappa shape index (κ2) is 7.87. The van der Waals surface area contributed by atoms with E-state index in [1.807, 2.05) is 0 Å². The fourth-order valence-corrected chi connectivity index (χ4v) is 1.94. The maximum absolute atomic E-state index is 12.8. The molecule has 0 atom stereocenters. The number of benzene rings is 2. The van der Waals surface area contributed by atoms with Crippen LogP contribution in [0.2, 0.25) is 0 Å². The smallest absolute Gasteiger partial charge is 0.296 e. The van der Waals surface area contributed by atoms with E-state index < -0.39 is 10.8 Å². The Labute approximate surface area is 137 Å². The molecule has 0 unspecified atom stereocenters. The number of nitro groups is 1. The minimum atomic E-state index is -0.595. The number of anilines is 1. The average Bonchev–Trinajstić information content (AvgIpc) is 2.56. The van der Waals surface area contributed by atoms with Crippen molar-refractivity contribution in [2.45, 2.75) is 6.92 Å². The van der Waals surface area contributed by atoms with Crippen molar-refractivity contribution in [3.63, 3.8) is 0 Å². The fourth-order valence-electron chi connectivity index (χ4n) is 1.94. The standard InChI is InChI=1S/C17H15FN2O4/c1-2-24-14-8-9-15(16(11-14)20(22)23)19-17(21)10-5-12-3-6-13(18)7-4-12/h3-11H,2H2,1H3,(H,19,21)/b10-5-. The molecule has 0 saturated heterocycles. The number of rotatable bonds is 6. The largest absolute Gasteiger partial charge is 0.494 e. The molecule has 2 aromatic carbocycles. The van der Waals surface area contributed by atoms with E-state index in [-0.39, 0.29) is 17.2 Å². The number of halogens is 1. The van der Waals surface area contributed by atoms with Gasteiger partial charge in [-0.05, 0) is 42.8 Å². The van der Waals surface area contributed by atoms with Crippen LogP contribution in [-0.2, 0) is 4.79 Å². The third-order valence-electron chi connectivity index (χ3n) is 3.03. The van der Waals surface area contributed by atoms with Crippen LogP contribution in [0, 0.1) is 15.9 Å². The van der Waals surface area contributed by atoms with Gasteiger partial charge in [0.15, 0.2) is 0 Å². The van der Waals surface area contributed by atoms with Gasteiger partial charge in [-0.15, -0.1) is 0 Å².